The van der Waals surface area contributed by atoms with Crippen LogP contribution in [0.25, 0.3) is 0 Å². The standard InChI is InChI=1S/C14H29N3/c1-14(2,16(4)5)10-17-12-6-7-13(17)9-11(8-12)15-3/h11-13,15H,6-10H2,1-5H3. The molecule has 0 aromatic heterocycles. The summed E-state index contributed by atoms with van der Waals surface area (Å²) in [5.74, 6) is 0. The molecular weight excluding hydrogens is 210 g/mol. The molecule has 0 aliphatic carbocycles. The molecule has 2 rings (SSSR count). The fraction of sp³-hybridized carbons (Fsp3) is 1.00. The molecule has 0 amide bonds. The number of rotatable bonds is 4. The molecule has 2 saturated heterocycles. The van der Waals surface area contributed by atoms with Crippen molar-refractivity contribution in [2.24, 2.45) is 0 Å². The third-order valence-corrected chi connectivity index (χ3v) is 5.07. The Morgan fingerprint density at radius 3 is 2.12 bits per heavy atom. The Morgan fingerprint density at radius 2 is 1.71 bits per heavy atom. The van der Waals surface area contributed by atoms with Crippen molar-refractivity contribution in [2.75, 3.05) is 27.7 Å². The normalized spacial score (nSPS) is 34.6. The minimum atomic E-state index is 0.285. The lowest BCUT2D eigenvalue weighted by atomic mass is 9.94. The van der Waals surface area contributed by atoms with Gasteiger partial charge in [-0.25, -0.2) is 0 Å². The number of hydrogen-bond acceptors (Lipinski definition) is 3. The van der Waals surface area contributed by atoms with Gasteiger partial charge in [-0.3, -0.25) is 4.90 Å². The fourth-order valence-electron chi connectivity index (χ4n) is 3.36. The van der Waals surface area contributed by atoms with E-state index in [-0.39, 0.29) is 5.54 Å². The summed E-state index contributed by atoms with van der Waals surface area (Å²) in [5.41, 5.74) is 0.285. The summed E-state index contributed by atoms with van der Waals surface area (Å²) in [4.78, 5) is 5.14. The molecule has 3 heteroatoms. The molecule has 0 spiro atoms. The second kappa shape index (κ2) is 4.87. The van der Waals surface area contributed by atoms with Gasteiger partial charge in [-0.2, -0.15) is 0 Å². The van der Waals surface area contributed by atoms with E-state index in [0.717, 1.165) is 18.1 Å². The molecule has 3 nitrogen and oxygen atoms in total. The van der Waals surface area contributed by atoms with Gasteiger partial charge in [-0.15, -0.1) is 0 Å². The van der Waals surface area contributed by atoms with Gasteiger partial charge >= 0.3 is 0 Å². The van der Waals surface area contributed by atoms with Crippen LogP contribution in [0.2, 0.25) is 0 Å². The summed E-state index contributed by atoms with van der Waals surface area (Å²) in [6.07, 6.45) is 5.51. The molecule has 1 N–H and O–H groups in total. The molecule has 2 aliphatic rings. The van der Waals surface area contributed by atoms with Crippen LogP contribution < -0.4 is 5.32 Å². The predicted octanol–water partition coefficient (Wildman–Crippen LogP) is 1.54. The van der Waals surface area contributed by atoms with Crippen molar-refractivity contribution >= 4 is 0 Å². The van der Waals surface area contributed by atoms with Gasteiger partial charge in [-0.1, -0.05) is 0 Å². The van der Waals surface area contributed by atoms with Crippen molar-refractivity contribution in [3.8, 4) is 0 Å². The first-order chi connectivity index (χ1) is 7.94. The summed E-state index contributed by atoms with van der Waals surface area (Å²) >= 11 is 0. The first kappa shape index (κ1) is 13.3. The zero-order valence-electron chi connectivity index (χ0n) is 12.2. The molecule has 2 heterocycles. The van der Waals surface area contributed by atoms with E-state index >= 15 is 0 Å². The third-order valence-electron chi connectivity index (χ3n) is 5.07. The summed E-state index contributed by atoms with van der Waals surface area (Å²) in [7, 11) is 6.51. The molecule has 2 unspecified atom stereocenters. The number of nitrogens with zero attached hydrogens (tertiary/aromatic N) is 2. The van der Waals surface area contributed by atoms with Gasteiger partial charge in [0.05, 0.1) is 0 Å². The molecule has 2 aliphatic heterocycles. The monoisotopic (exact) mass is 239 g/mol. The van der Waals surface area contributed by atoms with Crippen molar-refractivity contribution in [1.82, 2.24) is 15.1 Å². The van der Waals surface area contributed by atoms with Gasteiger partial charge in [0, 0.05) is 30.2 Å². The van der Waals surface area contributed by atoms with Crippen LogP contribution in [0.5, 0.6) is 0 Å². The van der Waals surface area contributed by atoms with Crippen molar-refractivity contribution < 1.29 is 0 Å². The van der Waals surface area contributed by atoms with Crippen LogP contribution in [0.1, 0.15) is 39.5 Å². The van der Waals surface area contributed by atoms with E-state index < -0.39 is 0 Å². The second-order valence-electron chi connectivity index (χ2n) is 6.72. The molecule has 2 bridgehead atoms. The Morgan fingerprint density at radius 1 is 1.18 bits per heavy atom. The Bertz CT molecular complexity index is 248. The van der Waals surface area contributed by atoms with Crippen molar-refractivity contribution in [3.63, 3.8) is 0 Å². The number of nitrogens with one attached hydrogen (secondary N) is 1. The van der Waals surface area contributed by atoms with Crippen molar-refractivity contribution in [2.45, 2.75) is 63.2 Å². The first-order valence-corrected chi connectivity index (χ1v) is 7.04. The average molecular weight is 239 g/mol. The highest BCUT2D eigenvalue weighted by Gasteiger charge is 2.42. The molecule has 100 valence electrons. The van der Waals surface area contributed by atoms with Crippen LogP contribution in [0.3, 0.4) is 0 Å². The average Bonchev–Trinajstić information content (AvgIpc) is 2.51. The largest absolute Gasteiger partial charge is 0.317 e. The number of fused-ring (bicyclic) bond motifs is 2. The Hall–Kier alpha value is -0.120. The summed E-state index contributed by atoms with van der Waals surface area (Å²) in [6.45, 7) is 5.93. The number of piperidine rings is 1. The van der Waals surface area contributed by atoms with Crippen LogP contribution in [0, 0.1) is 0 Å². The van der Waals surface area contributed by atoms with Gasteiger partial charge in [0.25, 0.3) is 0 Å². The first-order valence-electron chi connectivity index (χ1n) is 7.04. The lowest BCUT2D eigenvalue weighted by molar-refractivity contribution is 0.0536. The number of likely N-dealkylation sites (N-methyl/N-ethyl adjacent to an activating group) is 1. The highest BCUT2D eigenvalue weighted by atomic mass is 15.3. The fourth-order valence-corrected chi connectivity index (χ4v) is 3.36. The third kappa shape index (κ3) is 2.67. The van der Waals surface area contributed by atoms with Crippen molar-refractivity contribution in [3.05, 3.63) is 0 Å². The predicted molar refractivity (Wildman–Crippen MR) is 73.4 cm³/mol. The lowest BCUT2D eigenvalue weighted by Gasteiger charge is -2.45. The van der Waals surface area contributed by atoms with Gasteiger partial charge in [0.2, 0.25) is 0 Å². The lowest BCUT2D eigenvalue weighted by Crippen LogP contribution is -2.55. The zero-order chi connectivity index (χ0) is 12.6. The van der Waals surface area contributed by atoms with Crippen LogP contribution in [-0.2, 0) is 0 Å². The minimum Gasteiger partial charge on any atom is -0.317 e. The SMILES string of the molecule is CNC1CC2CCC(C1)N2CC(C)(C)N(C)C. The maximum absolute atomic E-state index is 3.47. The van der Waals surface area contributed by atoms with E-state index in [0.29, 0.717) is 0 Å². The molecule has 0 aromatic rings. The van der Waals surface area contributed by atoms with Crippen LogP contribution in [0.4, 0.5) is 0 Å². The molecule has 0 radical (unpaired) electrons. The quantitative estimate of drug-likeness (QED) is 0.803. The Labute approximate surface area is 107 Å². The zero-order valence-corrected chi connectivity index (χ0v) is 12.2. The van der Waals surface area contributed by atoms with Gasteiger partial charge in [-0.05, 0) is 60.7 Å². The van der Waals surface area contributed by atoms with Crippen LogP contribution in [-0.4, -0.2) is 61.2 Å². The van der Waals surface area contributed by atoms with E-state index in [4.69, 9.17) is 0 Å². The Kier molecular flexibility index (Phi) is 3.81. The summed E-state index contributed by atoms with van der Waals surface area (Å²) < 4.78 is 0. The van der Waals surface area contributed by atoms with Gasteiger partial charge in [0.15, 0.2) is 0 Å². The number of hydrogen-bond donors (Lipinski definition) is 1. The van der Waals surface area contributed by atoms with E-state index in [1.165, 1.54) is 32.2 Å². The molecule has 2 fully saturated rings. The van der Waals surface area contributed by atoms with Crippen LogP contribution in [0.15, 0.2) is 0 Å². The van der Waals surface area contributed by atoms with Gasteiger partial charge < -0.3 is 10.2 Å². The highest BCUT2D eigenvalue weighted by Crippen LogP contribution is 2.36. The minimum absolute atomic E-state index is 0.285. The highest BCUT2D eigenvalue weighted by molar-refractivity contribution is 4.99. The van der Waals surface area contributed by atoms with Crippen molar-refractivity contribution in [1.29, 1.82) is 0 Å². The molecular formula is C14H29N3. The smallest absolute Gasteiger partial charge is 0.0274 e. The second-order valence-corrected chi connectivity index (χ2v) is 6.72. The molecule has 17 heavy (non-hydrogen) atoms. The Balaban J connectivity index is 2.00. The van der Waals surface area contributed by atoms with E-state index in [1.54, 1.807) is 0 Å². The molecule has 0 saturated carbocycles. The van der Waals surface area contributed by atoms with E-state index in [1.807, 2.05) is 0 Å². The van der Waals surface area contributed by atoms with Gasteiger partial charge in [0.1, 0.15) is 0 Å². The summed E-state index contributed by atoms with van der Waals surface area (Å²) in [5, 5.41) is 3.47. The van der Waals surface area contributed by atoms with E-state index in [9.17, 15) is 0 Å². The topological polar surface area (TPSA) is 18.5 Å². The summed E-state index contributed by atoms with van der Waals surface area (Å²) in [6, 6.07) is 2.40. The van der Waals surface area contributed by atoms with Crippen LogP contribution >= 0.6 is 0 Å². The van der Waals surface area contributed by atoms with E-state index in [2.05, 4.69) is 50.1 Å². The molecule has 0 aromatic carbocycles. The maximum atomic E-state index is 3.47. The maximum Gasteiger partial charge on any atom is 0.0274 e. The molecule has 2 atom stereocenters.